The van der Waals surface area contributed by atoms with E-state index < -0.39 is 27.8 Å². The average molecular weight is 379 g/mol. The van der Waals surface area contributed by atoms with Gasteiger partial charge < -0.3 is 5.32 Å². The Bertz CT molecular complexity index is 959. The molecule has 0 aromatic heterocycles. The van der Waals surface area contributed by atoms with E-state index in [9.17, 15) is 18.0 Å². The van der Waals surface area contributed by atoms with Gasteiger partial charge in [0.2, 0.25) is 10.0 Å². The van der Waals surface area contributed by atoms with Crippen LogP contribution in [0.5, 0.6) is 0 Å². The average Bonchev–Trinajstić information content (AvgIpc) is 2.60. The predicted octanol–water partition coefficient (Wildman–Crippen LogP) is 2.55. The first-order chi connectivity index (χ1) is 11.9. The molecule has 2 aromatic carbocycles. The van der Waals surface area contributed by atoms with E-state index >= 15 is 0 Å². The van der Waals surface area contributed by atoms with Gasteiger partial charge in [-0.25, -0.2) is 8.42 Å². The van der Waals surface area contributed by atoms with Gasteiger partial charge in [-0.2, -0.15) is 4.31 Å². The molecule has 0 bridgehead atoms. The molecule has 1 heterocycles. The van der Waals surface area contributed by atoms with Crippen molar-refractivity contribution in [1.82, 2.24) is 4.31 Å². The summed E-state index contributed by atoms with van der Waals surface area (Å²) >= 11 is 6.02. The molecule has 8 heteroatoms. The van der Waals surface area contributed by atoms with Gasteiger partial charge in [0.25, 0.3) is 5.91 Å². The van der Waals surface area contributed by atoms with Crippen LogP contribution in [0.2, 0.25) is 5.02 Å². The lowest BCUT2D eigenvalue weighted by molar-refractivity contribution is -0.118. The Morgan fingerprint density at radius 2 is 1.80 bits per heavy atom. The number of amides is 1. The lowest BCUT2D eigenvalue weighted by Crippen LogP contribution is -2.54. The molecule has 1 aliphatic heterocycles. The van der Waals surface area contributed by atoms with Gasteiger partial charge in [0.05, 0.1) is 15.6 Å². The molecule has 1 N–H and O–H groups in total. The van der Waals surface area contributed by atoms with Crippen molar-refractivity contribution in [2.45, 2.75) is 17.9 Å². The first kappa shape index (κ1) is 17.6. The third kappa shape index (κ3) is 2.95. The zero-order valence-electron chi connectivity index (χ0n) is 13.3. The first-order valence-electron chi connectivity index (χ1n) is 7.58. The number of likely N-dealkylation sites (N-methyl/N-ethyl adjacent to an activating group) is 1. The van der Waals surface area contributed by atoms with Crippen molar-refractivity contribution in [1.29, 1.82) is 0 Å². The Labute approximate surface area is 150 Å². The standard InChI is InChI=1S/C17H15ClN2O4S/c1-2-20-15(17(22)19-13-9-5-4-8-12(13)18)16(21)11-7-3-6-10-14(11)25(20,23)24/h3-10,15H,2H2,1H3,(H,19,22). The molecular weight excluding hydrogens is 364 g/mol. The number of sulfonamides is 1. The third-order valence-electron chi connectivity index (χ3n) is 3.97. The van der Waals surface area contributed by atoms with E-state index in [1.165, 1.54) is 12.1 Å². The van der Waals surface area contributed by atoms with Crippen LogP contribution in [0.4, 0.5) is 5.69 Å². The van der Waals surface area contributed by atoms with Crippen LogP contribution >= 0.6 is 11.6 Å². The summed E-state index contributed by atoms with van der Waals surface area (Å²) in [7, 11) is -3.94. The minimum atomic E-state index is -3.94. The lowest BCUT2D eigenvalue weighted by atomic mass is 10.0. The van der Waals surface area contributed by atoms with E-state index in [1.54, 1.807) is 43.3 Å². The fourth-order valence-corrected chi connectivity index (χ4v) is 4.75. The zero-order chi connectivity index (χ0) is 18.2. The molecule has 0 spiro atoms. The summed E-state index contributed by atoms with van der Waals surface area (Å²) in [5, 5.41) is 2.84. The predicted molar refractivity (Wildman–Crippen MR) is 94.2 cm³/mol. The number of fused-ring (bicyclic) bond motifs is 1. The highest BCUT2D eigenvalue weighted by Gasteiger charge is 2.46. The Morgan fingerprint density at radius 3 is 2.48 bits per heavy atom. The SMILES string of the molecule is CCN1C(C(=O)Nc2ccccc2Cl)C(=O)c2ccccc2S1(=O)=O. The van der Waals surface area contributed by atoms with Crippen LogP contribution in [0, 0.1) is 0 Å². The van der Waals surface area contributed by atoms with Crippen LogP contribution in [0.3, 0.4) is 0 Å². The van der Waals surface area contributed by atoms with E-state index in [1.807, 2.05) is 0 Å². The molecule has 0 saturated heterocycles. The Kier molecular flexibility index (Phi) is 4.64. The molecule has 0 fully saturated rings. The number of para-hydroxylation sites is 1. The van der Waals surface area contributed by atoms with Crippen molar-refractivity contribution >= 4 is 39.0 Å². The molecule has 25 heavy (non-hydrogen) atoms. The summed E-state index contributed by atoms with van der Waals surface area (Å²) in [6.07, 6.45) is 0. The van der Waals surface area contributed by atoms with Crippen molar-refractivity contribution in [3.63, 3.8) is 0 Å². The molecular formula is C17H15ClN2O4S. The first-order valence-corrected chi connectivity index (χ1v) is 9.40. The van der Waals surface area contributed by atoms with Crippen molar-refractivity contribution in [2.24, 2.45) is 0 Å². The monoisotopic (exact) mass is 378 g/mol. The Hall–Kier alpha value is -2.22. The highest BCUT2D eigenvalue weighted by Crippen LogP contribution is 2.31. The number of anilines is 1. The summed E-state index contributed by atoms with van der Waals surface area (Å²) in [6, 6.07) is 11.0. The van der Waals surface area contributed by atoms with Gasteiger partial charge in [-0.1, -0.05) is 42.8 Å². The van der Waals surface area contributed by atoms with E-state index in [0.717, 1.165) is 4.31 Å². The molecule has 0 saturated carbocycles. The molecule has 2 aromatic rings. The van der Waals surface area contributed by atoms with Crippen LogP contribution < -0.4 is 5.32 Å². The van der Waals surface area contributed by atoms with Gasteiger partial charge in [0, 0.05) is 12.1 Å². The van der Waals surface area contributed by atoms with Crippen LogP contribution in [-0.4, -0.2) is 37.0 Å². The summed E-state index contributed by atoms with van der Waals surface area (Å²) in [6.45, 7) is 1.57. The quantitative estimate of drug-likeness (QED) is 0.832. The van der Waals surface area contributed by atoms with Gasteiger partial charge >= 0.3 is 0 Å². The number of hydrogen-bond acceptors (Lipinski definition) is 4. The van der Waals surface area contributed by atoms with Gasteiger partial charge in [-0.3, -0.25) is 9.59 Å². The van der Waals surface area contributed by atoms with Crippen LogP contribution in [0.25, 0.3) is 0 Å². The number of halogens is 1. The summed E-state index contributed by atoms with van der Waals surface area (Å²) < 4.78 is 26.5. The van der Waals surface area contributed by atoms with Crippen molar-refractivity contribution < 1.29 is 18.0 Å². The second-order valence-corrected chi connectivity index (χ2v) is 7.71. The number of carbonyl (C=O) groups excluding carboxylic acids is 2. The van der Waals surface area contributed by atoms with E-state index in [4.69, 9.17) is 11.6 Å². The lowest BCUT2D eigenvalue weighted by Gasteiger charge is -2.33. The van der Waals surface area contributed by atoms with E-state index in [0.29, 0.717) is 10.7 Å². The topological polar surface area (TPSA) is 83.6 Å². The van der Waals surface area contributed by atoms with Crippen LogP contribution in [-0.2, 0) is 14.8 Å². The van der Waals surface area contributed by atoms with Crippen molar-refractivity contribution in [3.05, 3.63) is 59.1 Å². The highest BCUT2D eigenvalue weighted by molar-refractivity contribution is 7.89. The number of ketones is 1. The summed E-state index contributed by atoms with van der Waals surface area (Å²) in [5.41, 5.74) is 0.334. The second-order valence-electron chi connectivity index (χ2n) is 5.44. The van der Waals surface area contributed by atoms with E-state index in [2.05, 4.69) is 5.32 Å². The van der Waals surface area contributed by atoms with Gasteiger partial charge in [-0.15, -0.1) is 0 Å². The van der Waals surface area contributed by atoms with Crippen molar-refractivity contribution in [3.8, 4) is 0 Å². The number of Topliss-reactive ketones (excluding diaryl/α,β-unsaturated/α-hetero) is 1. The molecule has 6 nitrogen and oxygen atoms in total. The number of nitrogens with zero attached hydrogens (tertiary/aromatic N) is 1. The minimum Gasteiger partial charge on any atom is -0.323 e. The fraction of sp³-hybridized carbons (Fsp3) is 0.176. The van der Waals surface area contributed by atoms with Gasteiger partial charge in [0.1, 0.15) is 0 Å². The molecule has 0 aliphatic carbocycles. The Balaban J connectivity index is 2.05. The maximum atomic E-state index is 12.8. The molecule has 1 aliphatic rings. The van der Waals surface area contributed by atoms with Crippen molar-refractivity contribution in [2.75, 3.05) is 11.9 Å². The molecule has 1 amide bonds. The van der Waals surface area contributed by atoms with Crippen LogP contribution in [0.1, 0.15) is 17.3 Å². The molecule has 1 atom stereocenters. The number of carbonyl (C=O) groups is 2. The molecule has 0 radical (unpaired) electrons. The number of hydrogen-bond donors (Lipinski definition) is 1. The molecule has 3 rings (SSSR count). The smallest absolute Gasteiger partial charge is 0.250 e. The van der Waals surface area contributed by atoms with Gasteiger partial charge in [0.15, 0.2) is 11.8 Å². The maximum Gasteiger partial charge on any atom is 0.250 e. The van der Waals surface area contributed by atoms with E-state index in [-0.39, 0.29) is 17.0 Å². The minimum absolute atomic E-state index is 0.0109. The second kappa shape index (κ2) is 6.59. The highest BCUT2D eigenvalue weighted by atomic mass is 35.5. The number of nitrogens with one attached hydrogen (secondary N) is 1. The number of benzene rings is 2. The fourth-order valence-electron chi connectivity index (χ4n) is 2.80. The zero-order valence-corrected chi connectivity index (χ0v) is 14.8. The largest absolute Gasteiger partial charge is 0.323 e. The summed E-state index contributed by atoms with van der Waals surface area (Å²) in [5.74, 6) is -1.30. The van der Waals surface area contributed by atoms with Crippen LogP contribution in [0.15, 0.2) is 53.4 Å². The molecule has 130 valence electrons. The Morgan fingerprint density at radius 1 is 1.16 bits per heavy atom. The van der Waals surface area contributed by atoms with Gasteiger partial charge in [-0.05, 0) is 24.3 Å². The maximum absolute atomic E-state index is 12.8. The third-order valence-corrected chi connectivity index (χ3v) is 6.30. The normalized spacial score (nSPS) is 19.3. The summed E-state index contributed by atoms with van der Waals surface area (Å²) in [4.78, 5) is 25.4. The number of rotatable bonds is 3. The molecule has 1 unspecified atom stereocenters.